The van der Waals surface area contributed by atoms with Crippen molar-refractivity contribution in [3.05, 3.63) is 100 Å². The van der Waals surface area contributed by atoms with Crippen molar-refractivity contribution in [1.82, 2.24) is 20.1 Å². The molecule has 0 aliphatic heterocycles. The van der Waals surface area contributed by atoms with Crippen molar-refractivity contribution in [2.75, 3.05) is 11.1 Å². The van der Waals surface area contributed by atoms with E-state index in [1.165, 1.54) is 30.3 Å². The summed E-state index contributed by atoms with van der Waals surface area (Å²) in [5.41, 5.74) is 1.51. The number of amides is 2. The van der Waals surface area contributed by atoms with Gasteiger partial charge in [0, 0.05) is 5.69 Å². The summed E-state index contributed by atoms with van der Waals surface area (Å²) in [4.78, 5) is 25.0. The number of nitrogens with zero attached hydrogens (tertiary/aromatic N) is 3. The molecule has 0 aliphatic carbocycles. The number of anilines is 1. The maximum absolute atomic E-state index is 14.1. The van der Waals surface area contributed by atoms with Crippen LogP contribution in [0.4, 0.5) is 14.5 Å². The molecule has 0 fully saturated rings. The van der Waals surface area contributed by atoms with Crippen molar-refractivity contribution in [2.24, 2.45) is 0 Å². The minimum atomic E-state index is -0.739. The standard InChI is InChI=1S/C25H20ClF2N5O2S/c1-15-6-4-7-16(12-15)33-21(13-29-24(35)23-17(26)8-5-10-19(23)28)31-32-25(33)36-14-22(34)30-20-11-3-2-9-18(20)27/h2-12H,13-14H2,1H3,(H,29,35)(H,30,34). The summed E-state index contributed by atoms with van der Waals surface area (Å²) in [6.07, 6.45) is 0. The number of hydrogen-bond donors (Lipinski definition) is 2. The monoisotopic (exact) mass is 527 g/mol. The van der Waals surface area contributed by atoms with E-state index in [1.807, 2.05) is 31.2 Å². The second-order valence-corrected chi connectivity index (χ2v) is 9.02. The Balaban J connectivity index is 1.54. The average molecular weight is 528 g/mol. The van der Waals surface area contributed by atoms with Gasteiger partial charge in [-0.25, -0.2) is 8.78 Å². The summed E-state index contributed by atoms with van der Waals surface area (Å²) in [5, 5.41) is 13.9. The molecule has 36 heavy (non-hydrogen) atoms. The quantitative estimate of drug-likeness (QED) is 0.309. The van der Waals surface area contributed by atoms with E-state index in [2.05, 4.69) is 20.8 Å². The number of carbonyl (C=O) groups is 2. The Kier molecular flexibility index (Phi) is 7.97. The highest BCUT2D eigenvalue weighted by Gasteiger charge is 2.20. The van der Waals surface area contributed by atoms with Gasteiger partial charge in [-0.1, -0.05) is 53.7 Å². The number of thioether (sulfide) groups is 1. The van der Waals surface area contributed by atoms with Crippen molar-refractivity contribution in [3.8, 4) is 5.69 Å². The molecule has 0 bridgehead atoms. The SMILES string of the molecule is Cc1cccc(-n2c(CNC(=O)c3c(F)cccc3Cl)nnc2SCC(=O)Nc2ccccc2F)c1. The molecule has 2 N–H and O–H groups in total. The van der Waals surface area contributed by atoms with E-state index < -0.39 is 23.4 Å². The highest BCUT2D eigenvalue weighted by atomic mass is 35.5. The second kappa shape index (κ2) is 11.3. The minimum absolute atomic E-state index is 0.00948. The van der Waals surface area contributed by atoms with E-state index in [0.717, 1.165) is 23.4 Å². The van der Waals surface area contributed by atoms with Gasteiger partial charge >= 0.3 is 0 Å². The first-order chi connectivity index (χ1) is 17.3. The molecule has 0 atom stereocenters. The van der Waals surface area contributed by atoms with E-state index in [4.69, 9.17) is 11.6 Å². The zero-order valence-corrected chi connectivity index (χ0v) is 20.5. The van der Waals surface area contributed by atoms with E-state index >= 15 is 0 Å². The molecule has 0 aliphatic rings. The van der Waals surface area contributed by atoms with Gasteiger partial charge in [0.2, 0.25) is 5.91 Å². The summed E-state index contributed by atoms with van der Waals surface area (Å²) >= 11 is 7.09. The molecule has 1 aromatic heterocycles. The third kappa shape index (κ3) is 5.89. The predicted octanol–water partition coefficient (Wildman–Crippen LogP) is 5.17. The highest BCUT2D eigenvalue weighted by Crippen LogP contribution is 2.24. The topological polar surface area (TPSA) is 88.9 Å². The number of aromatic nitrogens is 3. The van der Waals surface area contributed by atoms with Crippen LogP contribution in [0.1, 0.15) is 21.7 Å². The predicted molar refractivity (Wildman–Crippen MR) is 134 cm³/mol. The van der Waals surface area contributed by atoms with Gasteiger partial charge in [-0.2, -0.15) is 0 Å². The Morgan fingerprint density at radius 1 is 1.00 bits per heavy atom. The first kappa shape index (κ1) is 25.3. The van der Waals surface area contributed by atoms with E-state index in [1.54, 1.807) is 10.6 Å². The Hall–Kier alpha value is -3.76. The molecule has 0 radical (unpaired) electrons. The highest BCUT2D eigenvalue weighted by molar-refractivity contribution is 7.99. The molecule has 0 spiro atoms. The summed E-state index contributed by atoms with van der Waals surface area (Å²) in [5.74, 6) is -2.10. The average Bonchev–Trinajstić information content (AvgIpc) is 3.25. The third-order valence-corrected chi connectivity index (χ3v) is 6.28. The first-order valence-corrected chi connectivity index (χ1v) is 12.1. The van der Waals surface area contributed by atoms with E-state index in [-0.39, 0.29) is 28.6 Å². The van der Waals surface area contributed by atoms with Crippen LogP contribution in [0.2, 0.25) is 5.02 Å². The fraction of sp³-hybridized carbons (Fsp3) is 0.120. The number of benzene rings is 3. The molecule has 0 saturated heterocycles. The smallest absolute Gasteiger partial charge is 0.256 e. The first-order valence-electron chi connectivity index (χ1n) is 10.7. The van der Waals surface area contributed by atoms with Crippen molar-refractivity contribution in [3.63, 3.8) is 0 Å². The molecule has 0 saturated carbocycles. The van der Waals surface area contributed by atoms with E-state index in [9.17, 15) is 18.4 Å². The maximum Gasteiger partial charge on any atom is 0.256 e. The molecule has 3 aromatic carbocycles. The molecule has 11 heteroatoms. The van der Waals surface area contributed by atoms with Crippen molar-refractivity contribution in [2.45, 2.75) is 18.6 Å². The summed E-state index contributed by atoms with van der Waals surface area (Å²) < 4.78 is 29.7. The molecule has 4 rings (SSSR count). The van der Waals surface area contributed by atoms with Crippen molar-refractivity contribution < 1.29 is 18.4 Å². The molecule has 0 unspecified atom stereocenters. The van der Waals surface area contributed by atoms with Crippen molar-refractivity contribution in [1.29, 1.82) is 0 Å². The third-order valence-electron chi connectivity index (χ3n) is 5.04. The number of rotatable bonds is 8. The van der Waals surface area contributed by atoms with E-state index in [0.29, 0.717) is 16.7 Å². The van der Waals surface area contributed by atoms with Crippen LogP contribution in [0, 0.1) is 18.6 Å². The zero-order chi connectivity index (χ0) is 25.7. The number of nitrogens with one attached hydrogen (secondary N) is 2. The van der Waals surface area contributed by atoms with Gasteiger partial charge in [-0.05, 0) is 48.9 Å². The zero-order valence-electron chi connectivity index (χ0n) is 19.0. The molecule has 184 valence electrons. The van der Waals surface area contributed by atoms with Gasteiger partial charge in [0.15, 0.2) is 11.0 Å². The lowest BCUT2D eigenvalue weighted by Crippen LogP contribution is -2.26. The molecular formula is C25H20ClF2N5O2S. The lowest BCUT2D eigenvalue weighted by Gasteiger charge is -2.12. The molecule has 4 aromatic rings. The maximum atomic E-state index is 14.1. The fourth-order valence-corrected chi connectivity index (χ4v) is 4.40. The molecule has 2 amide bonds. The lowest BCUT2D eigenvalue weighted by atomic mass is 10.2. The summed E-state index contributed by atoms with van der Waals surface area (Å²) in [6, 6.07) is 17.4. The Labute approximate surface area is 214 Å². The number of aryl methyl sites for hydroxylation is 1. The second-order valence-electron chi connectivity index (χ2n) is 7.67. The number of hydrogen-bond acceptors (Lipinski definition) is 5. The number of para-hydroxylation sites is 1. The Morgan fingerprint density at radius 3 is 2.50 bits per heavy atom. The molecule has 1 heterocycles. The van der Waals surface area contributed by atoms with Crippen LogP contribution >= 0.6 is 23.4 Å². The van der Waals surface area contributed by atoms with Gasteiger partial charge in [0.05, 0.1) is 28.6 Å². The Morgan fingerprint density at radius 2 is 1.75 bits per heavy atom. The lowest BCUT2D eigenvalue weighted by molar-refractivity contribution is -0.113. The Bertz CT molecular complexity index is 1410. The summed E-state index contributed by atoms with van der Waals surface area (Å²) in [7, 11) is 0. The van der Waals surface area contributed by atoms with Crippen LogP contribution in [-0.4, -0.2) is 32.3 Å². The summed E-state index contributed by atoms with van der Waals surface area (Å²) in [6.45, 7) is 1.84. The van der Waals surface area contributed by atoms with Crippen molar-refractivity contribution >= 4 is 40.9 Å². The van der Waals surface area contributed by atoms with Gasteiger partial charge < -0.3 is 10.6 Å². The molecular weight excluding hydrogens is 508 g/mol. The van der Waals surface area contributed by atoms with Gasteiger partial charge in [0.25, 0.3) is 5.91 Å². The number of carbonyl (C=O) groups excluding carboxylic acids is 2. The normalized spacial score (nSPS) is 10.8. The molecule has 7 nitrogen and oxygen atoms in total. The minimum Gasteiger partial charge on any atom is -0.345 e. The fourth-order valence-electron chi connectivity index (χ4n) is 3.38. The largest absolute Gasteiger partial charge is 0.345 e. The van der Waals surface area contributed by atoms with Crippen LogP contribution in [0.25, 0.3) is 5.69 Å². The van der Waals surface area contributed by atoms with Crippen LogP contribution in [0.3, 0.4) is 0 Å². The van der Waals surface area contributed by atoms with Gasteiger partial charge in [0.1, 0.15) is 11.6 Å². The van der Waals surface area contributed by atoms with Crippen LogP contribution in [0.15, 0.2) is 71.9 Å². The van der Waals surface area contributed by atoms with Gasteiger partial charge in [-0.15, -0.1) is 10.2 Å². The van der Waals surface area contributed by atoms with Crippen LogP contribution in [0.5, 0.6) is 0 Å². The van der Waals surface area contributed by atoms with Gasteiger partial charge in [-0.3, -0.25) is 14.2 Å². The van der Waals surface area contributed by atoms with Crippen LogP contribution < -0.4 is 10.6 Å². The van der Waals surface area contributed by atoms with Crippen LogP contribution in [-0.2, 0) is 11.3 Å². The number of halogens is 3.